The van der Waals surface area contributed by atoms with Crippen LogP contribution in [-0.4, -0.2) is 99.7 Å². The Morgan fingerprint density at radius 3 is 1.79 bits per heavy atom. The van der Waals surface area contributed by atoms with Gasteiger partial charge in [-0.25, -0.2) is 0 Å². The monoisotopic (exact) mass is 218 g/mol. The van der Waals surface area contributed by atoms with Crippen molar-refractivity contribution in [1.82, 2.24) is 5.32 Å². The van der Waals surface area contributed by atoms with Gasteiger partial charge in [-0.2, -0.15) is 0 Å². The maximum atomic E-state index is 9.21. The van der Waals surface area contributed by atoms with Gasteiger partial charge in [0.1, 0.15) is 18.3 Å². The molecule has 7 heteroatoms. The van der Waals surface area contributed by atoms with Gasteiger partial charge in [0.25, 0.3) is 0 Å². The van der Waals surface area contributed by atoms with Crippen molar-refractivity contribution < 1.29 is 25.5 Å². The SMILES string of the molecule is CNC[C@H](O)[C@@H](O)[C@H](O)[C@H](O)CO.[Na]. The van der Waals surface area contributed by atoms with E-state index in [4.69, 9.17) is 20.4 Å². The molecule has 0 amide bonds. The van der Waals surface area contributed by atoms with Crippen LogP contribution < -0.4 is 5.32 Å². The summed E-state index contributed by atoms with van der Waals surface area (Å²) in [5.41, 5.74) is 0. The van der Waals surface area contributed by atoms with Gasteiger partial charge in [0.2, 0.25) is 0 Å². The fourth-order valence-corrected chi connectivity index (χ4v) is 0.893. The molecule has 0 aliphatic carbocycles. The number of hydrogen-bond acceptors (Lipinski definition) is 6. The number of hydrogen-bond donors (Lipinski definition) is 6. The molecule has 0 rings (SSSR count). The molecule has 0 aliphatic rings. The molecule has 14 heavy (non-hydrogen) atoms. The molecule has 1 radical (unpaired) electrons. The van der Waals surface area contributed by atoms with Gasteiger partial charge in [-0.05, 0) is 7.05 Å². The van der Waals surface area contributed by atoms with Gasteiger partial charge in [-0.1, -0.05) is 0 Å². The predicted octanol–water partition coefficient (Wildman–Crippen LogP) is -3.74. The zero-order valence-corrected chi connectivity index (χ0v) is 10.5. The quantitative estimate of drug-likeness (QED) is 0.255. The van der Waals surface area contributed by atoms with Crippen molar-refractivity contribution in [2.75, 3.05) is 20.2 Å². The Morgan fingerprint density at radius 1 is 1.00 bits per heavy atom. The topological polar surface area (TPSA) is 113 Å². The number of rotatable bonds is 6. The average Bonchev–Trinajstić information content (AvgIpc) is 2.14. The molecule has 4 atom stereocenters. The van der Waals surface area contributed by atoms with E-state index in [0.29, 0.717) is 0 Å². The van der Waals surface area contributed by atoms with Crippen LogP contribution in [0.4, 0.5) is 0 Å². The van der Waals surface area contributed by atoms with Crippen LogP contribution in [0.3, 0.4) is 0 Å². The molecule has 0 fully saturated rings. The molecule has 0 bridgehead atoms. The minimum Gasteiger partial charge on any atom is -0.394 e. The van der Waals surface area contributed by atoms with E-state index < -0.39 is 31.0 Å². The maximum absolute atomic E-state index is 9.21. The molecule has 0 aromatic heterocycles. The molecule has 0 saturated carbocycles. The summed E-state index contributed by atoms with van der Waals surface area (Å²) in [6, 6.07) is 0. The van der Waals surface area contributed by atoms with Crippen LogP contribution in [0.2, 0.25) is 0 Å². The van der Waals surface area contributed by atoms with Gasteiger partial charge in [-0.15, -0.1) is 0 Å². The van der Waals surface area contributed by atoms with Crippen LogP contribution in [0.15, 0.2) is 0 Å². The minimum atomic E-state index is -1.55. The van der Waals surface area contributed by atoms with Crippen LogP contribution in [0.1, 0.15) is 0 Å². The van der Waals surface area contributed by atoms with E-state index in [1.165, 1.54) is 0 Å². The fraction of sp³-hybridized carbons (Fsp3) is 1.00. The van der Waals surface area contributed by atoms with E-state index in [0.717, 1.165) is 0 Å². The van der Waals surface area contributed by atoms with Crippen molar-refractivity contribution in [3.05, 3.63) is 0 Å². The number of nitrogens with one attached hydrogen (secondary N) is 1. The van der Waals surface area contributed by atoms with Crippen molar-refractivity contribution >= 4 is 29.6 Å². The number of likely N-dealkylation sites (N-methyl/N-ethyl adjacent to an activating group) is 1. The van der Waals surface area contributed by atoms with Crippen LogP contribution in [0.5, 0.6) is 0 Å². The van der Waals surface area contributed by atoms with E-state index in [9.17, 15) is 5.11 Å². The second kappa shape index (κ2) is 9.02. The Bertz CT molecular complexity index is 139. The van der Waals surface area contributed by atoms with E-state index in [-0.39, 0.29) is 36.1 Å². The molecule has 6 nitrogen and oxygen atoms in total. The largest absolute Gasteiger partial charge is 0.394 e. The van der Waals surface area contributed by atoms with Crippen molar-refractivity contribution in [3.8, 4) is 0 Å². The second-order valence-electron chi connectivity index (χ2n) is 2.86. The Morgan fingerprint density at radius 2 is 1.43 bits per heavy atom. The van der Waals surface area contributed by atoms with Gasteiger partial charge >= 0.3 is 0 Å². The van der Waals surface area contributed by atoms with Gasteiger partial charge in [0, 0.05) is 36.1 Å². The van der Waals surface area contributed by atoms with E-state index in [2.05, 4.69) is 5.32 Å². The molecule has 0 spiro atoms. The number of aliphatic hydroxyl groups is 5. The van der Waals surface area contributed by atoms with Crippen molar-refractivity contribution in [3.63, 3.8) is 0 Å². The van der Waals surface area contributed by atoms with Crippen molar-refractivity contribution in [2.24, 2.45) is 0 Å². The third-order valence-corrected chi connectivity index (χ3v) is 1.74. The van der Waals surface area contributed by atoms with Gasteiger partial charge < -0.3 is 30.8 Å². The summed E-state index contributed by atoms with van der Waals surface area (Å²) >= 11 is 0. The molecule has 0 heterocycles. The first-order valence-corrected chi connectivity index (χ1v) is 4.02. The van der Waals surface area contributed by atoms with Crippen LogP contribution in [0.25, 0.3) is 0 Å². The Balaban J connectivity index is 0. The standard InChI is InChI=1S/C7H17NO5.Na/c1-8-2-4(10)6(12)7(13)5(11)3-9;/h4-13H,2-3H2,1H3;/t4-,5+,6+,7+;/m0./s1. The molecule has 0 unspecified atom stereocenters. The van der Waals surface area contributed by atoms with Crippen LogP contribution >= 0.6 is 0 Å². The van der Waals surface area contributed by atoms with Crippen LogP contribution in [0, 0.1) is 0 Å². The molecule has 0 aromatic rings. The van der Waals surface area contributed by atoms with E-state index >= 15 is 0 Å². The summed E-state index contributed by atoms with van der Waals surface area (Å²) in [5, 5.41) is 47.5. The zero-order chi connectivity index (χ0) is 10.4. The molecular weight excluding hydrogens is 201 g/mol. The summed E-state index contributed by atoms with van der Waals surface area (Å²) in [5.74, 6) is 0. The molecule has 0 aliphatic heterocycles. The van der Waals surface area contributed by atoms with Crippen molar-refractivity contribution in [2.45, 2.75) is 24.4 Å². The van der Waals surface area contributed by atoms with Gasteiger partial charge in [0.05, 0.1) is 12.7 Å². The first-order chi connectivity index (χ1) is 6.04. The fourth-order valence-electron chi connectivity index (χ4n) is 0.893. The number of aliphatic hydroxyl groups excluding tert-OH is 5. The molecule has 0 saturated heterocycles. The summed E-state index contributed by atoms with van der Waals surface area (Å²) in [6.45, 7) is -0.569. The summed E-state index contributed by atoms with van der Waals surface area (Å²) < 4.78 is 0. The third kappa shape index (κ3) is 5.59. The predicted molar refractivity (Wildman–Crippen MR) is 50.8 cm³/mol. The average molecular weight is 218 g/mol. The Kier molecular flexibility index (Phi) is 11.1. The second-order valence-corrected chi connectivity index (χ2v) is 2.86. The summed E-state index contributed by atoms with van der Waals surface area (Å²) in [7, 11) is 1.57. The Hall–Kier alpha value is 0.760. The van der Waals surface area contributed by atoms with Gasteiger partial charge in [-0.3, -0.25) is 0 Å². The minimum absolute atomic E-state index is 0. The van der Waals surface area contributed by atoms with E-state index in [1.807, 2.05) is 0 Å². The summed E-state index contributed by atoms with van der Waals surface area (Å²) in [4.78, 5) is 0. The first kappa shape index (κ1) is 17.2. The van der Waals surface area contributed by atoms with Crippen LogP contribution in [-0.2, 0) is 0 Å². The normalized spacial score (nSPS) is 19.3. The van der Waals surface area contributed by atoms with E-state index in [1.54, 1.807) is 7.05 Å². The molecular formula is C7H17NNaO5. The maximum Gasteiger partial charge on any atom is 0.111 e. The summed E-state index contributed by atoms with van der Waals surface area (Å²) in [6.07, 6.45) is -5.65. The molecule has 81 valence electrons. The zero-order valence-electron chi connectivity index (χ0n) is 8.46. The molecule has 0 aromatic carbocycles. The smallest absolute Gasteiger partial charge is 0.111 e. The molecule has 6 N–H and O–H groups in total. The third-order valence-electron chi connectivity index (χ3n) is 1.74. The Labute approximate surface area is 105 Å². The van der Waals surface area contributed by atoms with Crippen molar-refractivity contribution in [1.29, 1.82) is 0 Å². The van der Waals surface area contributed by atoms with Gasteiger partial charge in [0.15, 0.2) is 0 Å². The first-order valence-electron chi connectivity index (χ1n) is 4.02.